The van der Waals surface area contributed by atoms with Crippen molar-refractivity contribution in [2.75, 3.05) is 0 Å². The molecule has 0 unspecified atom stereocenters. The summed E-state index contributed by atoms with van der Waals surface area (Å²) in [6, 6.07) is 8.06. The lowest BCUT2D eigenvalue weighted by Crippen LogP contribution is -2.49. The summed E-state index contributed by atoms with van der Waals surface area (Å²) < 4.78 is 5.69. The van der Waals surface area contributed by atoms with Crippen molar-refractivity contribution in [2.24, 2.45) is 0 Å². The molecule has 0 aliphatic heterocycles. The molecule has 97 valence electrons. The molecule has 0 bridgehead atoms. The van der Waals surface area contributed by atoms with E-state index >= 15 is 0 Å². The molecule has 1 aromatic rings. The molecule has 0 amide bonds. The minimum Gasteiger partial charge on any atom is -0.427 e. The molecule has 1 aromatic carbocycles. The van der Waals surface area contributed by atoms with Gasteiger partial charge in [0.25, 0.3) is 0 Å². The molecular formula is C15H22BO2. The number of allylic oxidation sites excluding steroid dienone is 1. The van der Waals surface area contributed by atoms with Gasteiger partial charge in [0.05, 0.1) is 11.2 Å². The van der Waals surface area contributed by atoms with Gasteiger partial charge in [-0.3, -0.25) is 0 Å². The van der Waals surface area contributed by atoms with Crippen molar-refractivity contribution in [3.05, 3.63) is 35.9 Å². The summed E-state index contributed by atoms with van der Waals surface area (Å²) >= 11 is 0. The summed E-state index contributed by atoms with van der Waals surface area (Å²) in [5.74, 6) is 0. The fourth-order valence-corrected chi connectivity index (χ4v) is 1.24. The molecule has 0 atom stereocenters. The standard InChI is InChI=1S/C15H22BO2/c1-6-7-12-8-10-13(11-9-12)16-18-15(4,5)14(2,3)17/h6-11,17H,1-5H3/b7-6+. The predicted molar refractivity (Wildman–Crippen MR) is 78.0 cm³/mol. The third-order valence-corrected chi connectivity index (χ3v) is 3.26. The molecule has 18 heavy (non-hydrogen) atoms. The number of benzene rings is 1. The number of hydrogen-bond donors (Lipinski definition) is 1. The lowest BCUT2D eigenvalue weighted by Gasteiger charge is -2.37. The Morgan fingerprint density at radius 1 is 1.11 bits per heavy atom. The maximum Gasteiger partial charge on any atom is 0.330 e. The number of aliphatic hydroxyl groups is 1. The van der Waals surface area contributed by atoms with E-state index in [9.17, 15) is 5.11 Å². The van der Waals surface area contributed by atoms with Crippen molar-refractivity contribution in [3.63, 3.8) is 0 Å². The lowest BCUT2D eigenvalue weighted by atomic mass is 9.82. The van der Waals surface area contributed by atoms with E-state index in [1.807, 2.05) is 57.2 Å². The maximum atomic E-state index is 9.98. The van der Waals surface area contributed by atoms with Crippen molar-refractivity contribution in [3.8, 4) is 0 Å². The van der Waals surface area contributed by atoms with Crippen LogP contribution in [0, 0.1) is 0 Å². The zero-order chi connectivity index (χ0) is 13.8. The molecule has 1 N–H and O–H groups in total. The molecule has 1 rings (SSSR count). The fourth-order valence-electron chi connectivity index (χ4n) is 1.24. The van der Waals surface area contributed by atoms with Crippen LogP contribution in [0.1, 0.15) is 40.2 Å². The van der Waals surface area contributed by atoms with Crippen LogP contribution >= 0.6 is 0 Å². The molecule has 1 radical (unpaired) electrons. The second kappa shape index (κ2) is 5.72. The lowest BCUT2D eigenvalue weighted by molar-refractivity contribution is -0.0893. The van der Waals surface area contributed by atoms with E-state index in [1.54, 1.807) is 21.3 Å². The van der Waals surface area contributed by atoms with Crippen molar-refractivity contribution in [2.45, 2.75) is 45.8 Å². The molecular weight excluding hydrogens is 223 g/mol. The van der Waals surface area contributed by atoms with Crippen LogP contribution in [0.2, 0.25) is 0 Å². The zero-order valence-corrected chi connectivity index (χ0v) is 11.9. The van der Waals surface area contributed by atoms with Gasteiger partial charge in [0.1, 0.15) is 0 Å². The minimum absolute atomic E-state index is 0.630. The molecule has 0 heterocycles. The van der Waals surface area contributed by atoms with Crippen LogP contribution in [0.15, 0.2) is 30.3 Å². The van der Waals surface area contributed by atoms with Gasteiger partial charge in [-0.05, 0) is 40.2 Å². The summed E-state index contributed by atoms with van der Waals surface area (Å²) in [5, 5.41) is 9.98. The number of hydrogen-bond acceptors (Lipinski definition) is 2. The van der Waals surface area contributed by atoms with Crippen molar-refractivity contribution in [1.29, 1.82) is 0 Å². The summed E-state index contributed by atoms with van der Waals surface area (Å²) in [5.41, 5.74) is 0.626. The Morgan fingerprint density at radius 3 is 2.11 bits per heavy atom. The third-order valence-electron chi connectivity index (χ3n) is 3.26. The first-order valence-corrected chi connectivity index (χ1v) is 6.22. The second-order valence-electron chi connectivity index (χ2n) is 5.47. The molecule has 0 spiro atoms. The molecule has 2 nitrogen and oxygen atoms in total. The highest BCUT2D eigenvalue weighted by atomic mass is 16.5. The van der Waals surface area contributed by atoms with E-state index in [1.165, 1.54) is 0 Å². The largest absolute Gasteiger partial charge is 0.427 e. The smallest absolute Gasteiger partial charge is 0.330 e. The monoisotopic (exact) mass is 245 g/mol. The molecule has 0 fully saturated rings. The van der Waals surface area contributed by atoms with Crippen molar-refractivity contribution in [1.82, 2.24) is 0 Å². The molecule has 0 aromatic heterocycles. The van der Waals surface area contributed by atoms with Crippen LogP contribution in [-0.4, -0.2) is 23.8 Å². The van der Waals surface area contributed by atoms with Crippen molar-refractivity contribution >= 4 is 19.0 Å². The average Bonchev–Trinajstić information content (AvgIpc) is 2.27. The SMILES string of the molecule is C/C=C/c1ccc([B]OC(C)(C)C(C)(C)O)cc1. The van der Waals surface area contributed by atoms with Crippen LogP contribution in [0.25, 0.3) is 6.08 Å². The van der Waals surface area contributed by atoms with Gasteiger partial charge in [0, 0.05) is 0 Å². The fraction of sp³-hybridized carbons (Fsp3) is 0.467. The minimum atomic E-state index is -0.894. The molecule has 0 aliphatic carbocycles. The van der Waals surface area contributed by atoms with Crippen LogP contribution in [0.5, 0.6) is 0 Å². The topological polar surface area (TPSA) is 29.5 Å². The van der Waals surface area contributed by atoms with Gasteiger partial charge >= 0.3 is 7.48 Å². The third kappa shape index (κ3) is 4.00. The highest BCUT2D eigenvalue weighted by Gasteiger charge is 2.35. The highest BCUT2D eigenvalue weighted by Crippen LogP contribution is 2.24. The number of rotatable bonds is 5. The summed E-state index contributed by atoms with van der Waals surface area (Å²) in [4.78, 5) is 0. The first-order chi connectivity index (χ1) is 8.26. The van der Waals surface area contributed by atoms with Crippen LogP contribution in [-0.2, 0) is 4.65 Å². The highest BCUT2D eigenvalue weighted by molar-refractivity contribution is 6.47. The van der Waals surface area contributed by atoms with Crippen LogP contribution < -0.4 is 5.46 Å². The van der Waals surface area contributed by atoms with Gasteiger partial charge < -0.3 is 9.76 Å². The van der Waals surface area contributed by atoms with Crippen LogP contribution in [0.3, 0.4) is 0 Å². The van der Waals surface area contributed by atoms with Crippen LogP contribution in [0.4, 0.5) is 0 Å². The van der Waals surface area contributed by atoms with Gasteiger partial charge in [-0.2, -0.15) is 0 Å². The van der Waals surface area contributed by atoms with E-state index in [2.05, 4.69) is 0 Å². The zero-order valence-electron chi connectivity index (χ0n) is 11.9. The van der Waals surface area contributed by atoms with Gasteiger partial charge in [0.2, 0.25) is 0 Å². The van der Waals surface area contributed by atoms with Gasteiger partial charge in [-0.25, -0.2) is 0 Å². The van der Waals surface area contributed by atoms with E-state index in [0.29, 0.717) is 0 Å². The average molecular weight is 245 g/mol. The molecule has 3 heteroatoms. The maximum absolute atomic E-state index is 9.98. The second-order valence-corrected chi connectivity index (χ2v) is 5.47. The van der Waals surface area contributed by atoms with Gasteiger partial charge in [-0.15, -0.1) is 0 Å². The Labute approximate surface area is 111 Å². The van der Waals surface area contributed by atoms with E-state index < -0.39 is 11.2 Å². The molecule has 0 saturated heterocycles. The Hall–Kier alpha value is -1.06. The first kappa shape index (κ1) is 15.0. The van der Waals surface area contributed by atoms with E-state index in [4.69, 9.17) is 4.65 Å². The normalized spacial score (nSPS) is 13.0. The van der Waals surface area contributed by atoms with Gasteiger partial charge in [-0.1, -0.05) is 41.9 Å². The van der Waals surface area contributed by atoms with E-state index in [0.717, 1.165) is 11.0 Å². The quantitative estimate of drug-likeness (QED) is 0.808. The van der Waals surface area contributed by atoms with E-state index in [-0.39, 0.29) is 0 Å². The summed E-state index contributed by atoms with van der Waals surface area (Å²) in [6.45, 7) is 9.23. The Kier molecular flexibility index (Phi) is 4.77. The van der Waals surface area contributed by atoms with Gasteiger partial charge in [0.15, 0.2) is 0 Å². The first-order valence-electron chi connectivity index (χ1n) is 6.22. The Balaban J connectivity index is 2.64. The summed E-state index contributed by atoms with van der Waals surface area (Å²) in [6.07, 6.45) is 4.05. The Bertz CT molecular complexity index is 399. The Morgan fingerprint density at radius 2 is 1.67 bits per heavy atom. The van der Waals surface area contributed by atoms with Crippen molar-refractivity contribution < 1.29 is 9.76 Å². The molecule has 0 saturated carbocycles. The predicted octanol–water partition coefficient (Wildman–Crippen LogP) is 2.53. The summed E-state index contributed by atoms with van der Waals surface area (Å²) in [7, 11) is 1.69. The molecule has 0 aliphatic rings.